The summed E-state index contributed by atoms with van der Waals surface area (Å²) in [5, 5.41) is 0. The Morgan fingerprint density at radius 3 is 3.00 bits per heavy atom. The normalized spacial score (nSPS) is 12.4. The molecule has 0 aliphatic carbocycles. The van der Waals surface area contributed by atoms with E-state index < -0.39 is 0 Å². The molecular formula is C12H18N2O2S. The number of hydrogen-bond donors (Lipinski definition) is 1. The second kappa shape index (κ2) is 7.32. The van der Waals surface area contributed by atoms with Gasteiger partial charge in [-0.1, -0.05) is 12.2 Å². The van der Waals surface area contributed by atoms with Gasteiger partial charge in [0.25, 0.3) is 0 Å². The summed E-state index contributed by atoms with van der Waals surface area (Å²) in [5.74, 6) is 0. The fourth-order valence-electron chi connectivity index (χ4n) is 1.27. The van der Waals surface area contributed by atoms with E-state index in [1.807, 2.05) is 26.0 Å². The fraction of sp³-hybridized carbons (Fsp3) is 0.500. The molecular weight excluding hydrogens is 236 g/mol. The lowest BCUT2D eigenvalue weighted by Gasteiger charge is -2.13. The average Bonchev–Trinajstić information content (AvgIpc) is 2.34. The van der Waals surface area contributed by atoms with Crippen LogP contribution in [0, 0.1) is 0 Å². The molecule has 0 aliphatic rings. The van der Waals surface area contributed by atoms with Crippen LogP contribution in [0.4, 0.5) is 0 Å². The number of nitrogens with two attached hydrogens (primary N) is 1. The van der Waals surface area contributed by atoms with Gasteiger partial charge in [0.05, 0.1) is 25.0 Å². The van der Waals surface area contributed by atoms with Crippen LogP contribution in [0.15, 0.2) is 18.3 Å². The molecule has 0 spiro atoms. The maximum Gasteiger partial charge on any atom is 0.122 e. The summed E-state index contributed by atoms with van der Waals surface area (Å²) in [6.45, 7) is 5.75. The maximum atomic E-state index is 5.63. The quantitative estimate of drug-likeness (QED) is 0.750. The van der Waals surface area contributed by atoms with Crippen LogP contribution in [0.3, 0.4) is 0 Å². The molecule has 17 heavy (non-hydrogen) atoms. The Balaban J connectivity index is 2.46. The van der Waals surface area contributed by atoms with Gasteiger partial charge < -0.3 is 15.2 Å². The van der Waals surface area contributed by atoms with Gasteiger partial charge in [-0.25, -0.2) is 0 Å². The number of pyridine rings is 1. The first-order chi connectivity index (χ1) is 8.13. The Kier molecular flexibility index (Phi) is 6.04. The highest BCUT2D eigenvalue weighted by molar-refractivity contribution is 7.80. The zero-order valence-corrected chi connectivity index (χ0v) is 11.0. The van der Waals surface area contributed by atoms with Crippen LogP contribution in [0.1, 0.15) is 25.1 Å². The molecule has 1 atom stereocenters. The van der Waals surface area contributed by atoms with Crippen LogP contribution < -0.4 is 5.73 Å². The van der Waals surface area contributed by atoms with E-state index >= 15 is 0 Å². The Bertz CT molecular complexity index is 371. The van der Waals surface area contributed by atoms with Gasteiger partial charge in [-0.2, -0.15) is 0 Å². The van der Waals surface area contributed by atoms with Gasteiger partial charge in [0, 0.05) is 12.8 Å². The van der Waals surface area contributed by atoms with Crippen molar-refractivity contribution < 1.29 is 9.47 Å². The largest absolute Gasteiger partial charge is 0.388 e. The zero-order chi connectivity index (χ0) is 12.7. The smallest absolute Gasteiger partial charge is 0.122 e. The third kappa shape index (κ3) is 5.21. The van der Waals surface area contributed by atoms with Gasteiger partial charge in [0.15, 0.2) is 0 Å². The van der Waals surface area contributed by atoms with E-state index in [-0.39, 0.29) is 6.10 Å². The van der Waals surface area contributed by atoms with E-state index in [2.05, 4.69) is 4.98 Å². The predicted molar refractivity (Wildman–Crippen MR) is 70.9 cm³/mol. The lowest BCUT2D eigenvalue weighted by Crippen LogP contribution is -2.16. The number of nitrogens with zero attached hydrogens (tertiary/aromatic N) is 1. The second-order valence-electron chi connectivity index (χ2n) is 3.69. The van der Waals surface area contributed by atoms with E-state index in [1.165, 1.54) is 0 Å². The van der Waals surface area contributed by atoms with E-state index in [0.29, 0.717) is 30.5 Å². The standard InChI is InChI=1S/C12H18N2O2S/c1-3-15-7-9(2)16-8-10-4-5-14-11(6-10)12(13)17/h4-6,9H,3,7-8H2,1-2H3,(H2,13,17). The molecule has 0 aromatic carbocycles. The number of ether oxygens (including phenoxy) is 2. The number of hydrogen-bond acceptors (Lipinski definition) is 4. The molecule has 2 N–H and O–H groups in total. The average molecular weight is 254 g/mol. The van der Waals surface area contributed by atoms with Crippen molar-refractivity contribution in [3.8, 4) is 0 Å². The molecule has 0 aliphatic heterocycles. The van der Waals surface area contributed by atoms with Crippen molar-refractivity contribution in [2.24, 2.45) is 5.73 Å². The van der Waals surface area contributed by atoms with Crippen molar-refractivity contribution in [1.29, 1.82) is 0 Å². The van der Waals surface area contributed by atoms with Crippen LogP contribution in [0.2, 0.25) is 0 Å². The molecule has 4 nitrogen and oxygen atoms in total. The lowest BCUT2D eigenvalue weighted by atomic mass is 10.2. The molecule has 1 aromatic heterocycles. The Hall–Kier alpha value is -1.04. The van der Waals surface area contributed by atoms with Gasteiger partial charge in [-0.3, -0.25) is 4.98 Å². The van der Waals surface area contributed by atoms with Crippen molar-refractivity contribution in [2.75, 3.05) is 13.2 Å². The van der Waals surface area contributed by atoms with E-state index in [9.17, 15) is 0 Å². The van der Waals surface area contributed by atoms with E-state index in [1.54, 1.807) is 6.20 Å². The first-order valence-corrected chi connectivity index (χ1v) is 5.98. The molecule has 0 radical (unpaired) electrons. The van der Waals surface area contributed by atoms with Crippen LogP contribution >= 0.6 is 12.2 Å². The summed E-state index contributed by atoms with van der Waals surface area (Å²) in [6.07, 6.45) is 1.75. The molecule has 0 fully saturated rings. The van der Waals surface area contributed by atoms with Gasteiger partial charge in [-0.15, -0.1) is 0 Å². The highest BCUT2D eigenvalue weighted by atomic mass is 32.1. The van der Waals surface area contributed by atoms with Crippen LogP contribution in [-0.2, 0) is 16.1 Å². The SMILES string of the molecule is CCOCC(C)OCc1ccnc(C(N)=S)c1. The van der Waals surface area contributed by atoms with Crippen molar-refractivity contribution in [1.82, 2.24) is 4.98 Å². The molecule has 0 saturated carbocycles. The molecule has 1 aromatic rings. The molecule has 0 amide bonds. The highest BCUT2D eigenvalue weighted by Gasteiger charge is 2.04. The molecule has 1 unspecified atom stereocenters. The Morgan fingerprint density at radius 2 is 2.35 bits per heavy atom. The summed E-state index contributed by atoms with van der Waals surface area (Å²) in [4.78, 5) is 4.37. The van der Waals surface area contributed by atoms with Gasteiger partial charge in [-0.05, 0) is 31.5 Å². The topological polar surface area (TPSA) is 57.4 Å². The van der Waals surface area contributed by atoms with Crippen molar-refractivity contribution in [3.63, 3.8) is 0 Å². The van der Waals surface area contributed by atoms with Crippen molar-refractivity contribution >= 4 is 17.2 Å². The summed E-state index contributed by atoms with van der Waals surface area (Å²) >= 11 is 4.87. The molecule has 94 valence electrons. The van der Waals surface area contributed by atoms with Crippen molar-refractivity contribution in [2.45, 2.75) is 26.6 Å². The van der Waals surface area contributed by atoms with Crippen LogP contribution in [-0.4, -0.2) is 29.3 Å². The minimum Gasteiger partial charge on any atom is -0.388 e. The lowest BCUT2D eigenvalue weighted by molar-refractivity contribution is -0.0116. The molecule has 5 heteroatoms. The summed E-state index contributed by atoms with van der Waals surface area (Å²) in [5.41, 5.74) is 7.14. The summed E-state index contributed by atoms with van der Waals surface area (Å²) < 4.78 is 10.9. The number of rotatable bonds is 7. The third-order valence-corrected chi connectivity index (χ3v) is 2.38. The third-order valence-electron chi connectivity index (χ3n) is 2.17. The fourth-order valence-corrected chi connectivity index (χ4v) is 1.38. The van der Waals surface area contributed by atoms with E-state index in [4.69, 9.17) is 27.4 Å². The molecule has 0 bridgehead atoms. The minimum atomic E-state index is 0.0661. The monoisotopic (exact) mass is 254 g/mol. The summed E-state index contributed by atoms with van der Waals surface area (Å²) in [7, 11) is 0. The Morgan fingerprint density at radius 1 is 1.59 bits per heavy atom. The maximum absolute atomic E-state index is 5.63. The van der Waals surface area contributed by atoms with Gasteiger partial charge in [0.1, 0.15) is 4.99 Å². The first-order valence-electron chi connectivity index (χ1n) is 5.57. The molecule has 0 saturated heterocycles. The predicted octanol–water partition coefficient (Wildman–Crippen LogP) is 1.66. The highest BCUT2D eigenvalue weighted by Crippen LogP contribution is 2.05. The van der Waals surface area contributed by atoms with Crippen LogP contribution in [0.5, 0.6) is 0 Å². The van der Waals surface area contributed by atoms with Gasteiger partial charge in [0.2, 0.25) is 0 Å². The van der Waals surface area contributed by atoms with Gasteiger partial charge >= 0.3 is 0 Å². The van der Waals surface area contributed by atoms with Crippen molar-refractivity contribution in [3.05, 3.63) is 29.6 Å². The van der Waals surface area contributed by atoms with Crippen LogP contribution in [0.25, 0.3) is 0 Å². The molecule has 1 heterocycles. The minimum absolute atomic E-state index is 0.0661. The number of aromatic nitrogens is 1. The Labute approximate surface area is 107 Å². The molecule has 1 rings (SSSR count). The first kappa shape index (κ1) is 14.0. The zero-order valence-electron chi connectivity index (χ0n) is 10.2. The second-order valence-corrected chi connectivity index (χ2v) is 4.13. The van der Waals surface area contributed by atoms with E-state index in [0.717, 1.165) is 5.56 Å². The summed E-state index contributed by atoms with van der Waals surface area (Å²) in [6, 6.07) is 3.73. The number of thiocarbonyl (C=S) groups is 1.